The van der Waals surface area contributed by atoms with Gasteiger partial charge in [-0.3, -0.25) is 0 Å². The third kappa shape index (κ3) is 2.61. The summed E-state index contributed by atoms with van der Waals surface area (Å²) in [6.07, 6.45) is 6.54. The molecular formula is C12H21N3S. The monoisotopic (exact) mass is 239 g/mol. The van der Waals surface area contributed by atoms with Crippen LogP contribution in [0.1, 0.15) is 44.5 Å². The van der Waals surface area contributed by atoms with Crippen molar-refractivity contribution in [3.8, 4) is 0 Å². The predicted molar refractivity (Wildman–Crippen MR) is 69.9 cm³/mol. The molecule has 1 aliphatic heterocycles. The molecule has 0 radical (unpaired) electrons. The first kappa shape index (κ1) is 12.0. The standard InChI is InChI=1S/C12H21N3S/c1-3-16-8-10(2)15-9-13-7-12(15)11-5-4-6-14-11/h7,9-11,14H,3-6,8H2,1-2H3. The summed E-state index contributed by atoms with van der Waals surface area (Å²) in [5.74, 6) is 2.36. The first-order chi connectivity index (χ1) is 7.83. The summed E-state index contributed by atoms with van der Waals surface area (Å²) in [4.78, 5) is 4.31. The molecule has 0 aliphatic carbocycles. The Kier molecular flexibility index (Phi) is 4.29. The molecule has 1 aromatic rings. The molecule has 2 unspecified atom stereocenters. The van der Waals surface area contributed by atoms with Crippen molar-refractivity contribution in [2.75, 3.05) is 18.1 Å². The maximum Gasteiger partial charge on any atom is 0.0951 e. The van der Waals surface area contributed by atoms with Gasteiger partial charge in [0, 0.05) is 24.0 Å². The zero-order valence-electron chi connectivity index (χ0n) is 10.1. The lowest BCUT2D eigenvalue weighted by molar-refractivity contribution is 0.524. The minimum absolute atomic E-state index is 0.525. The van der Waals surface area contributed by atoms with Crippen molar-refractivity contribution in [3.05, 3.63) is 18.2 Å². The molecular weight excluding hydrogens is 218 g/mol. The van der Waals surface area contributed by atoms with Crippen LogP contribution in [-0.2, 0) is 0 Å². The smallest absolute Gasteiger partial charge is 0.0951 e. The van der Waals surface area contributed by atoms with Gasteiger partial charge in [0.1, 0.15) is 0 Å². The van der Waals surface area contributed by atoms with E-state index in [2.05, 4.69) is 28.7 Å². The summed E-state index contributed by atoms with van der Waals surface area (Å²) in [5, 5.41) is 3.54. The second-order valence-electron chi connectivity index (χ2n) is 4.38. The highest BCUT2D eigenvalue weighted by molar-refractivity contribution is 7.99. The van der Waals surface area contributed by atoms with Crippen LogP contribution in [0.5, 0.6) is 0 Å². The Morgan fingerprint density at radius 3 is 3.25 bits per heavy atom. The van der Waals surface area contributed by atoms with Crippen LogP contribution in [0.15, 0.2) is 12.5 Å². The van der Waals surface area contributed by atoms with Gasteiger partial charge in [-0.15, -0.1) is 0 Å². The number of rotatable bonds is 5. The van der Waals surface area contributed by atoms with Crippen LogP contribution in [0.4, 0.5) is 0 Å². The van der Waals surface area contributed by atoms with E-state index in [9.17, 15) is 0 Å². The average Bonchev–Trinajstić information content (AvgIpc) is 2.94. The van der Waals surface area contributed by atoms with E-state index in [1.807, 2.05) is 24.3 Å². The van der Waals surface area contributed by atoms with Crippen molar-refractivity contribution >= 4 is 11.8 Å². The first-order valence-electron chi connectivity index (χ1n) is 6.15. The van der Waals surface area contributed by atoms with Gasteiger partial charge in [-0.05, 0) is 32.1 Å². The molecule has 1 N–H and O–H groups in total. The van der Waals surface area contributed by atoms with Crippen molar-refractivity contribution in [1.82, 2.24) is 14.9 Å². The fourth-order valence-corrected chi connectivity index (χ4v) is 3.00. The largest absolute Gasteiger partial charge is 0.330 e. The zero-order valence-corrected chi connectivity index (χ0v) is 11.0. The average molecular weight is 239 g/mol. The Morgan fingerprint density at radius 1 is 1.69 bits per heavy atom. The van der Waals surface area contributed by atoms with Gasteiger partial charge in [-0.1, -0.05) is 6.92 Å². The number of nitrogens with zero attached hydrogens (tertiary/aromatic N) is 2. The Labute approximate surface area is 102 Å². The fourth-order valence-electron chi connectivity index (χ4n) is 2.26. The third-order valence-corrected chi connectivity index (χ3v) is 4.28. The molecule has 3 nitrogen and oxygen atoms in total. The van der Waals surface area contributed by atoms with Gasteiger partial charge in [0.2, 0.25) is 0 Å². The molecule has 1 fully saturated rings. The SMILES string of the molecule is CCSCC(C)n1cncc1C1CCCN1. The Morgan fingerprint density at radius 2 is 2.56 bits per heavy atom. The van der Waals surface area contributed by atoms with E-state index in [0.29, 0.717) is 12.1 Å². The van der Waals surface area contributed by atoms with Crippen LogP contribution in [0.3, 0.4) is 0 Å². The predicted octanol–water partition coefficient (Wildman–Crippen LogP) is 2.62. The number of imidazole rings is 1. The molecule has 16 heavy (non-hydrogen) atoms. The zero-order chi connectivity index (χ0) is 11.4. The van der Waals surface area contributed by atoms with Crippen molar-refractivity contribution in [2.24, 2.45) is 0 Å². The number of hydrogen-bond donors (Lipinski definition) is 1. The maximum absolute atomic E-state index is 4.31. The number of nitrogens with one attached hydrogen (secondary N) is 1. The van der Waals surface area contributed by atoms with Crippen LogP contribution in [0, 0.1) is 0 Å². The molecule has 0 saturated carbocycles. The fraction of sp³-hybridized carbons (Fsp3) is 0.750. The Hall–Kier alpha value is -0.480. The summed E-state index contributed by atoms with van der Waals surface area (Å²) in [6, 6.07) is 1.07. The second-order valence-corrected chi connectivity index (χ2v) is 5.70. The molecule has 0 bridgehead atoms. The molecule has 90 valence electrons. The first-order valence-corrected chi connectivity index (χ1v) is 7.31. The minimum Gasteiger partial charge on any atom is -0.330 e. The van der Waals surface area contributed by atoms with E-state index in [4.69, 9.17) is 0 Å². The third-order valence-electron chi connectivity index (χ3n) is 3.15. The normalized spacial score (nSPS) is 22.5. The van der Waals surface area contributed by atoms with Gasteiger partial charge >= 0.3 is 0 Å². The van der Waals surface area contributed by atoms with Gasteiger partial charge < -0.3 is 9.88 Å². The van der Waals surface area contributed by atoms with Gasteiger partial charge in [-0.25, -0.2) is 4.98 Å². The van der Waals surface area contributed by atoms with Crippen LogP contribution < -0.4 is 5.32 Å². The topological polar surface area (TPSA) is 29.9 Å². The van der Waals surface area contributed by atoms with Crippen molar-refractivity contribution < 1.29 is 0 Å². The van der Waals surface area contributed by atoms with E-state index in [1.165, 1.54) is 30.0 Å². The van der Waals surface area contributed by atoms with Crippen molar-refractivity contribution in [1.29, 1.82) is 0 Å². The number of hydrogen-bond acceptors (Lipinski definition) is 3. The molecule has 4 heteroatoms. The molecule has 2 heterocycles. The highest BCUT2D eigenvalue weighted by atomic mass is 32.2. The molecule has 1 saturated heterocycles. The van der Waals surface area contributed by atoms with Gasteiger partial charge in [0.25, 0.3) is 0 Å². The van der Waals surface area contributed by atoms with Crippen LogP contribution >= 0.6 is 11.8 Å². The number of thioether (sulfide) groups is 1. The lowest BCUT2D eigenvalue weighted by Crippen LogP contribution is -2.19. The molecule has 2 atom stereocenters. The lowest BCUT2D eigenvalue weighted by atomic mass is 10.1. The van der Waals surface area contributed by atoms with Gasteiger partial charge in [-0.2, -0.15) is 11.8 Å². The summed E-state index contributed by atoms with van der Waals surface area (Å²) in [7, 11) is 0. The summed E-state index contributed by atoms with van der Waals surface area (Å²) >= 11 is 2.00. The second kappa shape index (κ2) is 5.73. The molecule has 0 aromatic carbocycles. The maximum atomic E-state index is 4.31. The van der Waals surface area contributed by atoms with E-state index in [1.54, 1.807) is 0 Å². The molecule has 2 rings (SSSR count). The Balaban J connectivity index is 2.05. The molecule has 1 aliphatic rings. The van der Waals surface area contributed by atoms with Crippen LogP contribution in [-0.4, -0.2) is 27.6 Å². The summed E-state index contributed by atoms with van der Waals surface area (Å²) < 4.78 is 2.34. The molecule has 0 amide bonds. The minimum atomic E-state index is 0.525. The van der Waals surface area contributed by atoms with Crippen molar-refractivity contribution in [2.45, 2.75) is 38.8 Å². The summed E-state index contributed by atoms with van der Waals surface area (Å²) in [6.45, 7) is 5.64. The Bertz CT molecular complexity index is 318. The summed E-state index contributed by atoms with van der Waals surface area (Å²) in [5.41, 5.74) is 1.36. The van der Waals surface area contributed by atoms with Gasteiger partial charge in [0.15, 0.2) is 0 Å². The van der Waals surface area contributed by atoms with E-state index in [-0.39, 0.29) is 0 Å². The van der Waals surface area contributed by atoms with Crippen LogP contribution in [0.2, 0.25) is 0 Å². The highest BCUT2D eigenvalue weighted by Crippen LogP contribution is 2.26. The highest BCUT2D eigenvalue weighted by Gasteiger charge is 2.21. The molecule has 0 spiro atoms. The van der Waals surface area contributed by atoms with E-state index < -0.39 is 0 Å². The van der Waals surface area contributed by atoms with Gasteiger partial charge in [0.05, 0.1) is 12.0 Å². The van der Waals surface area contributed by atoms with E-state index >= 15 is 0 Å². The van der Waals surface area contributed by atoms with E-state index in [0.717, 1.165) is 6.54 Å². The van der Waals surface area contributed by atoms with Crippen molar-refractivity contribution in [3.63, 3.8) is 0 Å². The van der Waals surface area contributed by atoms with Crippen LogP contribution in [0.25, 0.3) is 0 Å². The number of aromatic nitrogens is 2. The quantitative estimate of drug-likeness (QED) is 0.856. The lowest BCUT2D eigenvalue weighted by Gasteiger charge is -2.19. The molecule has 1 aromatic heterocycles.